The Morgan fingerprint density at radius 2 is 1.63 bits per heavy atom. The molecule has 1 aliphatic heterocycles. The highest BCUT2D eigenvalue weighted by Gasteiger charge is 2.66. The van der Waals surface area contributed by atoms with E-state index in [-0.39, 0.29) is 60.8 Å². The van der Waals surface area contributed by atoms with E-state index in [1.54, 1.807) is 12.1 Å². The lowest BCUT2D eigenvalue weighted by atomic mass is 9.63. The van der Waals surface area contributed by atoms with Gasteiger partial charge in [-0.2, -0.15) is 0 Å². The lowest BCUT2D eigenvalue weighted by Gasteiger charge is -2.37. The number of imide groups is 1. The number of esters is 1. The van der Waals surface area contributed by atoms with E-state index in [2.05, 4.69) is 12.2 Å². The molecule has 0 N–H and O–H groups in total. The van der Waals surface area contributed by atoms with Gasteiger partial charge < -0.3 is 4.74 Å². The minimum atomic E-state index is -0.577. The van der Waals surface area contributed by atoms with Crippen molar-refractivity contribution in [3.8, 4) is 0 Å². The molecule has 4 aliphatic carbocycles. The summed E-state index contributed by atoms with van der Waals surface area (Å²) < 4.78 is 5.11. The van der Waals surface area contributed by atoms with Gasteiger partial charge in [-0.05, 0) is 61.1 Å². The van der Waals surface area contributed by atoms with Crippen molar-refractivity contribution in [2.75, 3.05) is 13.2 Å². The summed E-state index contributed by atoms with van der Waals surface area (Å²) in [5.74, 6) is -0.180. The van der Waals surface area contributed by atoms with Gasteiger partial charge in [-0.3, -0.25) is 24.1 Å². The number of carbonyl (C=O) groups is 4. The van der Waals surface area contributed by atoms with E-state index in [4.69, 9.17) is 4.74 Å². The zero-order valence-electron chi connectivity index (χ0n) is 17.2. The summed E-state index contributed by atoms with van der Waals surface area (Å²) in [6, 6.07) is 5.36. The molecule has 2 bridgehead atoms. The van der Waals surface area contributed by atoms with Crippen LogP contribution in [0.15, 0.2) is 30.4 Å². The van der Waals surface area contributed by atoms with Crippen LogP contribution in [0, 0.1) is 49.4 Å². The van der Waals surface area contributed by atoms with Crippen molar-refractivity contribution in [2.45, 2.75) is 26.7 Å². The fraction of sp³-hybridized carbons (Fsp3) is 0.500. The molecule has 6 rings (SSSR count). The van der Waals surface area contributed by atoms with Crippen LogP contribution in [-0.4, -0.2) is 41.6 Å². The molecule has 1 saturated heterocycles. The Kier molecular flexibility index (Phi) is 4.42. The smallest absolute Gasteiger partial charge is 0.308 e. The predicted molar refractivity (Wildman–Crippen MR) is 107 cm³/mol. The summed E-state index contributed by atoms with van der Waals surface area (Å²) in [5.41, 5.74) is 2.59. The number of carbonyl (C=O) groups excluding carboxylic acids is 4. The molecule has 0 spiro atoms. The van der Waals surface area contributed by atoms with Crippen molar-refractivity contribution in [3.05, 3.63) is 47.0 Å². The van der Waals surface area contributed by atoms with Gasteiger partial charge in [0.25, 0.3) is 0 Å². The number of benzene rings is 1. The molecule has 5 aliphatic rings. The number of Topliss-reactive ketones (excluding diaryl/α,β-unsaturated/α-hetero) is 1. The van der Waals surface area contributed by atoms with Crippen molar-refractivity contribution in [1.82, 2.24) is 4.90 Å². The molecule has 1 heterocycles. The number of ether oxygens (including phenoxy) is 1. The SMILES string of the molecule is Cc1ccc(C(=O)COC(=O)CCN2C(=O)[C@H]3[C@@H]4C=C[C@@H]([C@H]5C[C@H]45)[C@@H]3C2=O)cc1C. The van der Waals surface area contributed by atoms with Crippen LogP contribution >= 0.6 is 0 Å². The number of amides is 2. The second-order valence-electron chi connectivity index (χ2n) is 9.12. The van der Waals surface area contributed by atoms with Crippen LogP contribution in [0.1, 0.15) is 34.3 Å². The highest BCUT2D eigenvalue weighted by atomic mass is 16.5. The average molecular weight is 407 g/mol. The van der Waals surface area contributed by atoms with Crippen LogP contribution < -0.4 is 0 Å². The molecule has 0 radical (unpaired) electrons. The van der Waals surface area contributed by atoms with E-state index in [0.717, 1.165) is 17.5 Å². The Hall–Kier alpha value is -2.76. The monoisotopic (exact) mass is 407 g/mol. The van der Waals surface area contributed by atoms with E-state index in [0.29, 0.717) is 17.4 Å². The molecule has 0 aromatic heterocycles. The molecule has 6 atom stereocenters. The Bertz CT molecular complexity index is 959. The van der Waals surface area contributed by atoms with Crippen LogP contribution in [-0.2, 0) is 19.1 Å². The second-order valence-corrected chi connectivity index (χ2v) is 9.12. The molecule has 156 valence electrons. The number of likely N-dealkylation sites (tertiary alicyclic amines) is 1. The fourth-order valence-corrected chi connectivity index (χ4v) is 5.66. The quantitative estimate of drug-likeness (QED) is 0.313. The second kappa shape index (κ2) is 6.89. The van der Waals surface area contributed by atoms with E-state index >= 15 is 0 Å². The maximum atomic E-state index is 12.9. The first-order valence-electron chi connectivity index (χ1n) is 10.7. The van der Waals surface area contributed by atoms with Crippen molar-refractivity contribution in [2.24, 2.45) is 35.5 Å². The van der Waals surface area contributed by atoms with E-state index in [1.807, 2.05) is 19.9 Å². The zero-order chi connectivity index (χ0) is 21.2. The molecule has 6 heteroatoms. The number of allylic oxidation sites excluding steroid dienone is 2. The maximum absolute atomic E-state index is 12.9. The van der Waals surface area contributed by atoms with E-state index < -0.39 is 5.97 Å². The minimum Gasteiger partial charge on any atom is -0.457 e. The van der Waals surface area contributed by atoms with Crippen LogP contribution in [0.3, 0.4) is 0 Å². The molecule has 1 aromatic rings. The minimum absolute atomic E-state index is 0.0239. The summed E-state index contributed by atoms with van der Waals surface area (Å²) in [5, 5.41) is 0. The first kappa shape index (κ1) is 19.2. The number of ketones is 1. The lowest BCUT2D eigenvalue weighted by Crippen LogP contribution is -2.40. The standard InChI is InChI=1S/C24H25NO5/c1-12-3-4-14(9-13(12)2)19(26)11-30-20(27)7-8-25-23(28)21-15-5-6-16(18-10-17(15)18)22(21)24(25)29/h3-6,9,15-18,21-22H,7-8,10-11H2,1-2H3/t15-,16+,17-,18-,21+,22+/m1/s1. The molecule has 2 amide bonds. The summed E-state index contributed by atoms with van der Waals surface area (Å²) in [6.07, 6.45) is 5.28. The highest BCUT2D eigenvalue weighted by molar-refractivity contribution is 6.06. The van der Waals surface area contributed by atoms with Gasteiger partial charge in [0.05, 0.1) is 18.3 Å². The molecule has 3 fully saturated rings. The molecular formula is C24H25NO5. The van der Waals surface area contributed by atoms with Crippen LogP contribution in [0.4, 0.5) is 0 Å². The molecule has 30 heavy (non-hydrogen) atoms. The average Bonchev–Trinajstić information content (AvgIpc) is 3.51. The molecular weight excluding hydrogens is 382 g/mol. The molecule has 6 nitrogen and oxygen atoms in total. The van der Waals surface area contributed by atoms with Gasteiger partial charge in [0, 0.05) is 12.1 Å². The van der Waals surface area contributed by atoms with E-state index in [9.17, 15) is 19.2 Å². The summed E-state index contributed by atoms with van der Waals surface area (Å²) in [6.45, 7) is 3.57. The number of rotatable bonds is 6. The molecule has 0 unspecified atom stereocenters. The topological polar surface area (TPSA) is 80.8 Å². The zero-order valence-corrected chi connectivity index (χ0v) is 17.2. The van der Waals surface area contributed by atoms with Crippen molar-refractivity contribution in [3.63, 3.8) is 0 Å². The number of hydrogen-bond donors (Lipinski definition) is 0. The van der Waals surface area contributed by atoms with Crippen LogP contribution in [0.25, 0.3) is 0 Å². The lowest BCUT2D eigenvalue weighted by molar-refractivity contribution is -0.145. The van der Waals surface area contributed by atoms with Crippen molar-refractivity contribution >= 4 is 23.6 Å². The van der Waals surface area contributed by atoms with Gasteiger partial charge >= 0.3 is 5.97 Å². The predicted octanol–water partition coefficient (Wildman–Crippen LogP) is 2.47. The third-order valence-electron chi connectivity index (χ3n) is 7.49. The Morgan fingerprint density at radius 1 is 1.00 bits per heavy atom. The molecule has 1 aromatic carbocycles. The fourth-order valence-electron chi connectivity index (χ4n) is 5.66. The van der Waals surface area contributed by atoms with Gasteiger partial charge in [-0.15, -0.1) is 0 Å². The first-order chi connectivity index (χ1) is 14.4. The van der Waals surface area contributed by atoms with Crippen LogP contribution in [0.5, 0.6) is 0 Å². The van der Waals surface area contributed by atoms with Gasteiger partial charge in [-0.25, -0.2) is 0 Å². The summed E-state index contributed by atoms with van der Waals surface area (Å²) in [7, 11) is 0. The third-order valence-corrected chi connectivity index (χ3v) is 7.49. The largest absolute Gasteiger partial charge is 0.457 e. The Balaban J connectivity index is 1.15. The third kappa shape index (κ3) is 2.92. The number of nitrogens with zero attached hydrogens (tertiary/aromatic N) is 1. The van der Waals surface area contributed by atoms with E-state index in [1.165, 1.54) is 4.90 Å². The number of hydrogen-bond acceptors (Lipinski definition) is 5. The Labute approximate surface area is 175 Å². The molecule has 2 saturated carbocycles. The van der Waals surface area contributed by atoms with Crippen molar-refractivity contribution in [1.29, 1.82) is 0 Å². The van der Waals surface area contributed by atoms with Crippen molar-refractivity contribution < 1.29 is 23.9 Å². The van der Waals surface area contributed by atoms with Gasteiger partial charge in [-0.1, -0.05) is 24.3 Å². The van der Waals surface area contributed by atoms with Gasteiger partial charge in [0.1, 0.15) is 0 Å². The Morgan fingerprint density at radius 3 is 2.23 bits per heavy atom. The van der Waals surface area contributed by atoms with Gasteiger partial charge in [0.15, 0.2) is 12.4 Å². The summed E-state index contributed by atoms with van der Waals surface area (Å²) in [4.78, 5) is 51.4. The number of aryl methyl sites for hydroxylation is 2. The normalized spacial score (nSPS) is 32.8. The first-order valence-corrected chi connectivity index (χ1v) is 10.7. The summed E-state index contributed by atoms with van der Waals surface area (Å²) >= 11 is 0. The highest BCUT2D eigenvalue weighted by Crippen LogP contribution is 2.65. The van der Waals surface area contributed by atoms with Gasteiger partial charge in [0.2, 0.25) is 11.8 Å². The maximum Gasteiger partial charge on any atom is 0.308 e. The van der Waals surface area contributed by atoms with Crippen LogP contribution in [0.2, 0.25) is 0 Å².